The summed E-state index contributed by atoms with van der Waals surface area (Å²) in [5.74, 6) is -4.94. The second kappa shape index (κ2) is 8.16. The van der Waals surface area contributed by atoms with Gasteiger partial charge in [-0.25, -0.2) is 9.59 Å². The summed E-state index contributed by atoms with van der Waals surface area (Å²) in [6.45, 7) is 4.75. The summed E-state index contributed by atoms with van der Waals surface area (Å²) in [7, 11) is 0. The Balaban J connectivity index is 2.30. The number of benzene rings is 2. The lowest BCUT2D eigenvalue weighted by molar-refractivity contribution is -0.149. The maximum Gasteiger partial charge on any atom is 0.408 e. The molecule has 0 unspecified atom stereocenters. The van der Waals surface area contributed by atoms with E-state index >= 15 is 0 Å². The molecule has 0 spiro atoms. The summed E-state index contributed by atoms with van der Waals surface area (Å²) in [5, 5.41) is 1.95. The number of esters is 1. The van der Waals surface area contributed by atoms with Crippen molar-refractivity contribution in [3.63, 3.8) is 0 Å². The predicted octanol–water partition coefficient (Wildman–Crippen LogP) is 4.28. The molecule has 1 amide bonds. The number of hydrogen-bond donors (Lipinski definition) is 1. The quantitative estimate of drug-likeness (QED) is 0.624. The maximum absolute atomic E-state index is 15.0. The molecule has 0 aliphatic carbocycles. The first-order valence-electron chi connectivity index (χ1n) is 8.29. The highest BCUT2D eigenvalue weighted by Gasteiger charge is 2.48. The number of para-hydroxylation sites is 1. The van der Waals surface area contributed by atoms with Crippen molar-refractivity contribution in [2.75, 3.05) is 0 Å². The van der Waals surface area contributed by atoms with E-state index in [2.05, 4.69) is 0 Å². The van der Waals surface area contributed by atoms with E-state index in [1.54, 1.807) is 45.0 Å². The molecule has 0 bridgehead atoms. The van der Waals surface area contributed by atoms with Crippen molar-refractivity contribution in [3.8, 4) is 5.75 Å². The zero-order valence-corrected chi connectivity index (χ0v) is 15.2. The first-order valence-corrected chi connectivity index (χ1v) is 8.29. The Morgan fingerprint density at radius 2 is 1.44 bits per heavy atom. The Morgan fingerprint density at radius 3 is 1.96 bits per heavy atom. The summed E-state index contributed by atoms with van der Waals surface area (Å²) in [6, 6.07) is 12.2. The monoisotopic (exact) mass is 377 g/mol. The Hall–Kier alpha value is -2.96. The maximum atomic E-state index is 15.0. The van der Waals surface area contributed by atoms with E-state index in [1.807, 2.05) is 5.32 Å². The summed E-state index contributed by atoms with van der Waals surface area (Å²) in [4.78, 5) is 24.5. The number of alkyl halides is 2. The lowest BCUT2D eigenvalue weighted by Gasteiger charge is -2.28. The molecule has 0 heterocycles. The van der Waals surface area contributed by atoms with Crippen LogP contribution in [0, 0.1) is 0 Å². The number of rotatable bonds is 5. The van der Waals surface area contributed by atoms with Crippen LogP contribution in [0.5, 0.6) is 5.75 Å². The van der Waals surface area contributed by atoms with Crippen LogP contribution in [-0.2, 0) is 15.5 Å². The van der Waals surface area contributed by atoms with Crippen molar-refractivity contribution < 1.29 is 27.8 Å². The number of ether oxygens (including phenoxy) is 2. The van der Waals surface area contributed by atoms with Gasteiger partial charge < -0.3 is 14.8 Å². The van der Waals surface area contributed by atoms with Crippen molar-refractivity contribution in [2.24, 2.45) is 0 Å². The molecule has 0 saturated heterocycles. The summed E-state index contributed by atoms with van der Waals surface area (Å²) < 4.78 is 40.0. The highest BCUT2D eigenvalue weighted by Crippen LogP contribution is 2.33. The van der Waals surface area contributed by atoms with Crippen molar-refractivity contribution >= 4 is 12.1 Å². The molecule has 0 aromatic heterocycles. The Bertz CT molecular complexity index is 774. The van der Waals surface area contributed by atoms with Crippen LogP contribution < -0.4 is 10.1 Å². The molecule has 2 rings (SSSR count). The standard InChI is InChI=1S/C20H21F2NO4/c1-19(2,3)27-18(25)23-16(17(24)26-15-12-8-5-9-13-15)20(21,22)14-10-6-4-7-11-14/h4-13,16H,1-3H3,(H,23,25)/t16-/m0/s1. The van der Waals surface area contributed by atoms with E-state index < -0.39 is 35.2 Å². The third-order valence-electron chi connectivity index (χ3n) is 3.38. The molecular weight excluding hydrogens is 356 g/mol. The Labute approximate surface area is 156 Å². The second-order valence-corrected chi connectivity index (χ2v) is 6.80. The molecule has 0 radical (unpaired) electrons. The average molecular weight is 377 g/mol. The minimum absolute atomic E-state index is 0.0855. The molecular formula is C20H21F2NO4. The van der Waals surface area contributed by atoms with Gasteiger partial charge in [-0.1, -0.05) is 48.5 Å². The van der Waals surface area contributed by atoms with Crippen LogP contribution in [0.4, 0.5) is 13.6 Å². The SMILES string of the molecule is CC(C)(C)OC(=O)N[C@@H](C(=O)Oc1ccccc1)C(F)(F)c1ccccc1. The average Bonchev–Trinajstić information content (AvgIpc) is 2.59. The summed E-state index contributed by atoms with van der Waals surface area (Å²) >= 11 is 0. The topological polar surface area (TPSA) is 64.6 Å². The number of amides is 1. The first kappa shape index (κ1) is 20.4. The molecule has 2 aromatic carbocycles. The van der Waals surface area contributed by atoms with Crippen LogP contribution in [0.25, 0.3) is 0 Å². The van der Waals surface area contributed by atoms with Crippen molar-refractivity contribution in [2.45, 2.75) is 38.3 Å². The highest BCUT2D eigenvalue weighted by molar-refractivity contribution is 5.84. The van der Waals surface area contributed by atoms with Gasteiger partial charge in [0.15, 0.2) is 6.04 Å². The van der Waals surface area contributed by atoms with Gasteiger partial charge in [-0.05, 0) is 32.9 Å². The van der Waals surface area contributed by atoms with Gasteiger partial charge in [0.1, 0.15) is 11.4 Å². The number of carbonyl (C=O) groups is 2. The van der Waals surface area contributed by atoms with Crippen LogP contribution in [0.15, 0.2) is 60.7 Å². The lowest BCUT2D eigenvalue weighted by Crippen LogP contribution is -2.53. The molecule has 27 heavy (non-hydrogen) atoms. The van der Waals surface area contributed by atoms with Gasteiger partial charge in [-0.3, -0.25) is 0 Å². The molecule has 0 aliphatic rings. The van der Waals surface area contributed by atoms with Crippen LogP contribution in [0.2, 0.25) is 0 Å². The predicted molar refractivity (Wildman–Crippen MR) is 95.6 cm³/mol. The zero-order chi connectivity index (χ0) is 20.1. The molecule has 1 atom stereocenters. The molecule has 1 N–H and O–H groups in total. The molecule has 0 saturated carbocycles. The number of nitrogens with one attached hydrogen (secondary N) is 1. The van der Waals surface area contributed by atoms with E-state index in [4.69, 9.17) is 9.47 Å². The van der Waals surface area contributed by atoms with Gasteiger partial charge in [0.25, 0.3) is 0 Å². The van der Waals surface area contributed by atoms with Gasteiger partial charge in [0.2, 0.25) is 0 Å². The van der Waals surface area contributed by atoms with E-state index in [-0.39, 0.29) is 5.75 Å². The molecule has 0 fully saturated rings. The third kappa shape index (κ3) is 5.77. The van der Waals surface area contributed by atoms with E-state index in [0.29, 0.717) is 0 Å². The minimum atomic E-state index is -3.72. The van der Waals surface area contributed by atoms with E-state index in [0.717, 1.165) is 0 Å². The Morgan fingerprint density at radius 1 is 0.926 bits per heavy atom. The van der Waals surface area contributed by atoms with E-state index in [9.17, 15) is 18.4 Å². The molecule has 7 heteroatoms. The fourth-order valence-corrected chi connectivity index (χ4v) is 2.21. The first-order chi connectivity index (χ1) is 12.6. The Kier molecular flexibility index (Phi) is 6.15. The largest absolute Gasteiger partial charge is 0.444 e. The zero-order valence-electron chi connectivity index (χ0n) is 15.2. The van der Waals surface area contributed by atoms with Crippen LogP contribution in [0.3, 0.4) is 0 Å². The van der Waals surface area contributed by atoms with Gasteiger partial charge in [0.05, 0.1) is 0 Å². The molecule has 5 nitrogen and oxygen atoms in total. The van der Waals surface area contributed by atoms with Crippen molar-refractivity contribution in [3.05, 3.63) is 66.2 Å². The van der Waals surface area contributed by atoms with Gasteiger partial charge >= 0.3 is 18.0 Å². The fourth-order valence-electron chi connectivity index (χ4n) is 2.21. The van der Waals surface area contributed by atoms with E-state index in [1.165, 1.54) is 36.4 Å². The molecule has 144 valence electrons. The van der Waals surface area contributed by atoms with Crippen molar-refractivity contribution in [1.29, 1.82) is 0 Å². The van der Waals surface area contributed by atoms with Crippen LogP contribution in [0.1, 0.15) is 26.3 Å². The minimum Gasteiger partial charge on any atom is -0.444 e. The number of hydrogen-bond acceptors (Lipinski definition) is 4. The normalized spacial score (nSPS) is 12.8. The second-order valence-electron chi connectivity index (χ2n) is 6.80. The fraction of sp³-hybridized carbons (Fsp3) is 0.300. The summed E-state index contributed by atoms with van der Waals surface area (Å²) in [5.41, 5.74) is -1.35. The lowest BCUT2D eigenvalue weighted by atomic mass is 10.0. The number of carbonyl (C=O) groups excluding carboxylic acids is 2. The van der Waals surface area contributed by atoms with Crippen LogP contribution in [-0.4, -0.2) is 23.7 Å². The van der Waals surface area contributed by atoms with Gasteiger partial charge in [-0.2, -0.15) is 8.78 Å². The van der Waals surface area contributed by atoms with Crippen molar-refractivity contribution in [1.82, 2.24) is 5.32 Å². The number of alkyl carbamates (subject to hydrolysis) is 1. The summed E-state index contributed by atoms with van der Waals surface area (Å²) in [6.07, 6.45) is -1.15. The number of halogens is 2. The highest BCUT2D eigenvalue weighted by atomic mass is 19.3. The molecule has 0 aliphatic heterocycles. The van der Waals surface area contributed by atoms with Gasteiger partial charge in [0, 0.05) is 5.56 Å². The smallest absolute Gasteiger partial charge is 0.408 e. The van der Waals surface area contributed by atoms with Crippen LogP contribution >= 0.6 is 0 Å². The molecule has 2 aromatic rings. The van der Waals surface area contributed by atoms with Gasteiger partial charge in [-0.15, -0.1) is 0 Å². The third-order valence-corrected chi connectivity index (χ3v) is 3.38.